The van der Waals surface area contributed by atoms with Crippen LogP contribution in [0.15, 0.2) is 18.3 Å². The molecule has 4 nitrogen and oxygen atoms in total. The fourth-order valence-electron chi connectivity index (χ4n) is 1.40. The number of amides is 1. The predicted molar refractivity (Wildman–Crippen MR) is 74.0 cm³/mol. The average molecular weight is 270 g/mol. The van der Waals surface area contributed by atoms with Gasteiger partial charge in [-0.2, -0.15) is 0 Å². The quantitative estimate of drug-likeness (QED) is 0.636. The normalized spacial score (nSPS) is 11.0. The molecular weight excluding hydrogens is 250 g/mol. The first-order valence-corrected chi connectivity index (χ1v) is 6.48. The molecule has 0 fully saturated rings. The largest absolute Gasteiger partial charge is 0.352 e. The Morgan fingerprint density at radius 2 is 2.22 bits per heavy atom. The number of carbonyl (C=O) groups excluding carboxylic acids is 1. The number of rotatable bonds is 6. The van der Waals surface area contributed by atoms with Crippen LogP contribution in [0.25, 0.3) is 0 Å². The van der Waals surface area contributed by atoms with Crippen LogP contribution in [0.1, 0.15) is 30.6 Å². The van der Waals surface area contributed by atoms with Crippen LogP contribution in [0, 0.1) is 0 Å². The summed E-state index contributed by atoms with van der Waals surface area (Å²) in [6.07, 6.45) is 2.42. The topological polar surface area (TPSA) is 45.2 Å². The number of pyridine rings is 1. The zero-order valence-corrected chi connectivity index (χ0v) is 11.9. The van der Waals surface area contributed by atoms with Crippen molar-refractivity contribution in [3.8, 4) is 0 Å². The maximum Gasteiger partial charge on any atom is 0.252 e. The molecule has 1 aromatic heterocycles. The van der Waals surface area contributed by atoms with E-state index in [1.54, 1.807) is 12.1 Å². The van der Waals surface area contributed by atoms with Gasteiger partial charge in [-0.1, -0.05) is 11.6 Å². The lowest BCUT2D eigenvalue weighted by molar-refractivity contribution is 0.0951. The Kier molecular flexibility index (Phi) is 6.09. The molecule has 0 aliphatic heterocycles. The maximum atomic E-state index is 11.7. The highest BCUT2D eigenvalue weighted by molar-refractivity contribution is 6.29. The Bertz CT molecular complexity index is 378. The van der Waals surface area contributed by atoms with Crippen molar-refractivity contribution < 1.29 is 4.79 Å². The number of nitrogens with one attached hydrogen (secondary N) is 1. The van der Waals surface area contributed by atoms with Gasteiger partial charge in [0.2, 0.25) is 0 Å². The van der Waals surface area contributed by atoms with Gasteiger partial charge in [-0.15, -0.1) is 0 Å². The molecule has 0 radical (unpaired) electrons. The summed E-state index contributed by atoms with van der Waals surface area (Å²) in [5.41, 5.74) is 0.539. The molecule has 0 saturated heterocycles. The number of nitrogens with zero attached hydrogens (tertiary/aromatic N) is 2. The van der Waals surface area contributed by atoms with E-state index in [4.69, 9.17) is 11.6 Å². The lowest BCUT2D eigenvalue weighted by Crippen LogP contribution is -2.31. The third-order valence-electron chi connectivity index (χ3n) is 2.84. The van der Waals surface area contributed by atoms with Crippen molar-refractivity contribution >= 4 is 17.5 Å². The molecule has 0 aromatic carbocycles. The van der Waals surface area contributed by atoms with Crippen molar-refractivity contribution in [2.45, 2.75) is 26.3 Å². The second-order valence-corrected chi connectivity index (χ2v) is 4.94. The summed E-state index contributed by atoms with van der Waals surface area (Å²) < 4.78 is 0. The second-order valence-electron chi connectivity index (χ2n) is 4.55. The van der Waals surface area contributed by atoms with Gasteiger partial charge in [0.15, 0.2) is 0 Å². The SMILES string of the molecule is CC(C)N(C)CCCNC(=O)c1ccc(Cl)nc1. The molecule has 1 heterocycles. The van der Waals surface area contributed by atoms with Crippen LogP contribution in [0.3, 0.4) is 0 Å². The third kappa shape index (κ3) is 5.02. The van der Waals surface area contributed by atoms with Crippen molar-refractivity contribution in [3.05, 3.63) is 29.0 Å². The van der Waals surface area contributed by atoms with Gasteiger partial charge in [0, 0.05) is 18.8 Å². The first-order chi connectivity index (χ1) is 8.50. The van der Waals surface area contributed by atoms with E-state index in [2.05, 4.69) is 36.1 Å². The highest BCUT2D eigenvalue weighted by Crippen LogP contribution is 2.04. The first kappa shape index (κ1) is 14.9. The zero-order valence-electron chi connectivity index (χ0n) is 11.1. The first-order valence-electron chi connectivity index (χ1n) is 6.10. The molecule has 0 aliphatic carbocycles. The van der Waals surface area contributed by atoms with Crippen LogP contribution in [-0.4, -0.2) is 42.0 Å². The van der Waals surface area contributed by atoms with Gasteiger partial charge in [-0.3, -0.25) is 4.79 Å². The molecule has 5 heteroatoms. The molecule has 1 amide bonds. The Morgan fingerprint density at radius 1 is 1.50 bits per heavy atom. The van der Waals surface area contributed by atoms with Crippen molar-refractivity contribution in [1.82, 2.24) is 15.2 Å². The highest BCUT2D eigenvalue weighted by Gasteiger charge is 2.06. The molecule has 0 atom stereocenters. The van der Waals surface area contributed by atoms with Crippen molar-refractivity contribution in [2.75, 3.05) is 20.1 Å². The number of aromatic nitrogens is 1. The maximum absolute atomic E-state index is 11.7. The Morgan fingerprint density at radius 3 is 2.78 bits per heavy atom. The van der Waals surface area contributed by atoms with Gasteiger partial charge in [0.05, 0.1) is 5.56 Å². The molecule has 0 bridgehead atoms. The summed E-state index contributed by atoms with van der Waals surface area (Å²) in [5.74, 6) is -0.105. The molecule has 1 rings (SSSR count). The molecule has 18 heavy (non-hydrogen) atoms. The van der Waals surface area contributed by atoms with Gasteiger partial charge in [0.1, 0.15) is 5.15 Å². The van der Waals surface area contributed by atoms with E-state index in [1.807, 2.05) is 0 Å². The monoisotopic (exact) mass is 269 g/mol. The minimum atomic E-state index is -0.105. The predicted octanol–water partition coefficient (Wildman–Crippen LogP) is 2.20. The number of hydrogen-bond acceptors (Lipinski definition) is 3. The van der Waals surface area contributed by atoms with E-state index >= 15 is 0 Å². The van der Waals surface area contributed by atoms with Crippen LogP contribution in [0.4, 0.5) is 0 Å². The number of halogens is 1. The lowest BCUT2D eigenvalue weighted by atomic mass is 10.2. The molecule has 0 aliphatic rings. The van der Waals surface area contributed by atoms with Gasteiger partial charge in [-0.05, 0) is 46.0 Å². The van der Waals surface area contributed by atoms with Crippen LogP contribution >= 0.6 is 11.6 Å². The van der Waals surface area contributed by atoms with Gasteiger partial charge in [-0.25, -0.2) is 4.98 Å². The number of hydrogen-bond donors (Lipinski definition) is 1. The summed E-state index contributed by atoms with van der Waals surface area (Å²) in [4.78, 5) is 17.8. The fourth-order valence-corrected chi connectivity index (χ4v) is 1.51. The van der Waals surface area contributed by atoms with E-state index in [0.29, 0.717) is 23.3 Å². The molecule has 0 spiro atoms. The third-order valence-corrected chi connectivity index (χ3v) is 3.07. The summed E-state index contributed by atoms with van der Waals surface area (Å²) in [7, 11) is 2.08. The van der Waals surface area contributed by atoms with Crippen molar-refractivity contribution in [1.29, 1.82) is 0 Å². The average Bonchev–Trinajstić information content (AvgIpc) is 2.34. The molecule has 100 valence electrons. The van der Waals surface area contributed by atoms with E-state index < -0.39 is 0 Å². The van der Waals surface area contributed by atoms with E-state index in [0.717, 1.165) is 13.0 Å². The van der Waals surface area contributed by atoms with Gasteiger partial charge < -0.3 is 10.2 Å². The molecular formula is C13H20ClN3O. The van der Waals surface area contributed by atoms with Crippen molar-refractivity contribution in [3.63, 3.8) is 0 Å². The van der Waals surface area contributed by atoms with Crippen molar-refractivity contribution in [2.24, 2.45) is 0 Å². The standard InChI is InChI=1S/C13H20ClN3O/c1-10(2)17(3)8-4-7-15-13(18)11-5-6-12(14)16-9-11/h5-6,9-10H,4,7-8H2,1-3H3,(H,15,18). The highest BCUT2D eigenvalue weighted by atomic mass is 35.5. The Hall–Kier alpha value is -1.13. The molecule has 1 N–H and O–H groups in total. The van der Waals surface area contributed by atoms with Gasteiger partial charge in [0.25, 0.3) is 5.91 Å². The zero-order chi connectivity index (χ0) is 13.5. The summed E-state index contributed by atoms with van der Waals surface area (Å²) in [6.45, 7) is 5.94. The lowest BCUT2D eigenvalue weighted by Gasteiger charge is -2.20. The summed E-state index contributed by atoms with van der Waals surface area (Å²) >= 11 is 5.66. The summed E-state index contributed by atoms with van der Waals surface area (Å²) in [5, 5.41) is 3.26. The molecule has 0 unspecified atom stereocenters. The van der Waals surface area contributed by atoms with Crippen LogP contribution in [0.2, 0.25) is 5.15 Å². The summed E-state index contributed by atoms with van der Waals surface area (Å²) in [6, 6.07) is 3.81. The minimum absolute atomic E-state index is 0.105. The van der Waals surface area contributed by atoms with Crippen LogP contribution in [0.5, 0.6) is 0 Å². The molecule has 1 aromatic rings. The Balaban J connectivity index is 2.27. The van der Waals surface area contributed by atoms with E-state index in [-0.39, 0.29) is 5.91 Å². The van der Waals surface area contributed by atoms with Crippen LogP contribution < -0.4 is 5.32 Å². The Labute approximate surface area is 113 Å². The van der Waals surface area contributed by atoms with Crippen LogP contribution in [-0.2, 0) is 0 Å². The number of carbonyl (C=O) groups is 1. The molecule has 0 saturated carbocycles. The smallest absolute Gasteiger partial charge is 0.252 e. The van der Waals surface area contributed by atoms with E-state index in [9.17, 15) is 4.79 Å². The minimum Gasteiger partial charge on any atom is -0.352 e. The van der Waals surface area contributed by atoms with E-state index in [1.165, 1.54) is 6.20 Å². The van der Waals surface area contributed by atoms with Gasteiger partial charge >= 0.3 is 0 Å². The fraction of sp³-hybridized carbons (Fsp3) is 0.538. The second kappa shape index (κ2) is 7.34.